The summed E-state index contributed by atoms with van der Waals surface area (Å²) >= 11 is 0. The number of ether oxygens (including phenoxy) is 1. The first-order chi connectivity index (χ1) is 9.65. The van der Waals surface area contributed by atoms with Crippen LogP contribution < -0.4 is 5.32 Å². The van der Waals surface area contributed by atoms with Crippen molar-refractivity contribution in [3.8, 4) is 11.8 Å². The van der Waals surface area contributed by atoms with Crippen LogP contribution in [0.5, 0.6) is 0 Å². The molecule has 1 unspecified atom stereocenters. The van der Waals surface area contributed by atoms with Gasteiger partial charge in [-0.2, -0.15) is 0 Å². The molecular formula is C15H20N2O3. The quantitative estimate of drug-likeness (QED) is 0.771. The number of aliphatic hydroxyl groups excluding tert-OH is 1. The van der Waals surface area contributed by atoms with E-state index in [1.165, 1.54) is 0 Å². The van der Waals surface area contributed by atoms with Gasteiger partial charge < -0.3 is 15.2 Å². The van der Waals surface area contributed by atoms with Crippen LogP contribution in [0, 0.1) is 17.8 Å². The molecule has 2 N–H and O–H groups in total. The van der Waals surface area contributed by atoms with Crippen LogP contribution in [-0.4, -0.2) is 36.3 Å². The first-order valence-electron chi connectivity index (χ1n) is 6.50. The first-order valence-corrected chi connectivity index (χ1v) is 6.50. The zero-order valence-electron chi connectivity index (χ0n) is 11.8. The fraction of sp³-hybridized carbons (Fsp3) is 0.467. The van der Waals surface area contributed by atoms with Crippen molar-refractivity contribution in [1.29, 1.82) is 0 Å². The number of methoxy groups -OCH3 is 1. The van der Waals surface area contributed by atoms with Gasteiger partial charge in [0.25, 0.3) is 0 Å². The average Bonchev–Trinajstić information content (AvgIpc) is 2.39. The van der Waals surface area contributed by atoms with Crippen molar-refractivity contribution in [2.75, 3.05) is 25.6 Å². The van der Waals surface area contributed by atoms with E-state index in [-0.39, 0.29) is 18.4 Å². The lowest BCUT2D eigenvalue weighted by Gasteiger charge is -2.10. The third-order valence-electron chi connectivity index (χ3n) is 2.48. The molecule has 0 aliphatic carbocycles. The number of aromatic nitrogens is 1. The van der Waals surface area contributed by atoms with E-state index in [4.69, 9.17) is 9.84 Å². The molecule has 1 atom stereocenters. The van der Waals surface area contributed by atoms with Gasteiger partial charge >= 0.3 is 0 Å². The number of nitrogens with zero attached hydrogens (tertiary/aromatic N) is 1. The maximum absolute atomic E-state index is 11.8. The van der Waals surface area contributed by atoms with E-state index in [1.54, 1.807) is 25.4 Å². The lowest BCUT2D eigenvalue weighted by molar-refractivity contribution is -0.117. The number of hydrogen-bond acceptors (Lipinski definition) is 4. The summed E-state index contributed by atoms with van der Waals surface area (Å²) in [6.07, 6.45) is 2.41. The summed E-state index contributed by atoms with van der Waals surface area (Å²) in [7, 11) is 1.62. The fourth-order valence-electron chi connectivity index (χ4n) is 1.65. The molecule has 1 heterocycles. The Morgan fingerprint density at radius 1 is 1.60 bits per heavy atom. The smallest absolute Gasteiger partial charge is 0.225 e. The highest BCUT2D eigenvalue weighted by Crippen LogP contribution is 2.08. The molecule has 0 aliphatic rings. The number of hydrogen-bond donors (Lipinski definition) is 2. The molecular weight excluding hydrogens is 256 g/mol. The Balaban J connectivity index is 2.58. The molecule has 0 spiro atoms. The van der Waals surface area contributed by atoms with Crippen LogP contribution in [0.3, 0.4) is 0 Å². The van der Waals surface area contributed by atoms with Gasteiger partial charge in [0, 0.05) is 38.3 Å². The Kier molecular flexibility index (Phi) is 7.33. The van der Waals surface area contributed by atoms with E-state index in [0.29, 0.717) is 25.3 Å². The van der Waals surface area contributed by atoms with Crippen LogP contribution in [0.1, 0.15) is 25.3 Å². The van der Waals surface area contributed by atoms with Crippen molar-refractivity contribution in [2.45, 2.75) is 19.8 Å². The number of pyridine rings is 1. The van der Waals surface area contributed by atoms with Crippen molar-refractivity contribution in [2.24, 2.45) is 5.92 Å². The summed E-state index contributed by atoms with van der Waals surface area (Å²) in [6.45, 7) is 2.54. The van der Waals surface area contributed by atoms with E-state index < -0.39 is 0 Å². The minimum absolute atomic E-state index is 0.0407. The maximum atomic E-state index is 11.8. The molecule has 1 rings (SSSR count). The molecule has 20 heavy (non-hydrogen) atoms. The van der Waals surface area contributed by atoms with Crippen LogP contribution in [-0.2, 0) is 9.53 Å². The molecule has 1 aromatic heterocycles. The van der Waals surface area contributed by atoms with Gasteiger partial charge in [-0.25, -0.2) is 4.98 Å². The maximum Gasteiger partial charge on any atom is 0.225 e. The molecule has 0 radical (unpaired) electrons. The topological polar surface area (TPSA) is 71.5 Å². The number of amides is 1. The van der Waals surface area contributed by atoms with Crippen molar-refractivity contribution in [3.63, 3.8) is 0 Å². The molecule has 0 saturated heterocycles. The third-order valence-corrected chi connectivity index (χ3v) is 2.48. The number of carbonyl (C=O) groups excluding carboxylic acids is 1. The number of carbonyl (C=O) groups is 1. The predicted octanol–water partition coefficient (Wildman–Crippen LogP) is 1.43. The highest BCUT2D eigenvalue weighted by Gasteiger charge is 2.09. The van der Waals surface area contributed by atoms with Crippen LogP contribution in [0.25, 0.3) is 0 Å². The molecule has 108 valence electrons. The van der Waals surface area contributed by atoms with Gasteiger partial charge in [-0.15, -0.1) is 0 Å². The van der Waals surface area contributed by atoms with Gasteiger partial charge in [-0.1, -0.05) is 18.8 Å². The minimum Gasteiger partial charge on any atom is -0.395 e. The summed E-state index contributed by atoms with van der Waals surface area (Å²) in [5, 5.41) is 11.4. The summed E-state index contributed by atoms with van der Waals surface area (Å²) in [5.41, 5.74) is 0.758. The molecule has 0 aromatic carbocycles. The summed E-state index contributed by atoms with van der Waals surface area (Å²) in [5.74, 6) is 6.27. The van der Waals surface area contributed by atoms with Crippen LogP contribution >= 0.6 is 0 Å². The van der Waals surface area contributed by atoms with E-state index in [1.807, 2.05) is 6.92 Å². The van der Waals surface area contributed by atoms with E-state index in [0.717, 1.165) is 5.56 Å². The van der Waals surface area contributed by atoms with E-state index >= 15 is 0 Å². The standard InChI is InChI=1S/C15H20N2O3/c1-12(11-20-2)9-15(19)17-14-10-13(6-7-16-14)5-3-4-8-18/h6-7,10,12,18H,4,8-9,11H2,1-2H3,(H,16,17,19). The number of rotatable bonds is 6. The Hall–Kier alpha value is -1.90. The van der Waals surface area contributed by atoms with Gasteiger partial charge in [0.1, 0.15) is 5.82 Å². The highest BCUT2D eigenvalue weighted by atomic mass is 16.5. The number of aliphatic hydroxyl groups is 1. The minimum atomic E-state index is -0.0949. The summed E-state index contributed by atoms with van der Waals surface area (Å²) in [4.78, 5) is 15.9. The van der Waals surface area contributed by atoms with Gasteiger partial charge in [-0.3, -0.25) is 4.79 Å². The van der Waals surface area contributed by atoms with Gasteiger partial charge in [-0.05, 0) is 18.1 Å². The Morgan fingerprint density at radius 2 is 2.40 bits per heavy atom. The molecule has 0 bridgehead atoms. The monoisotopic (exact) mass is 276 g/mol. The molecule has 5 nitrogen and oxygen atoms in total. The lowest BCUT2D eigenvalue weighted by Crippen LogP contribution is -2.18. The van der Waals surface area contributed by atoms with E-state index in [9.17, 15) is 4.79 Å². The van der Waals surface area contributed by atoms with Gasteiger partial charge in [0.05, 0.1) is 6.61 Å². The second kappa shape index (κ2) is 9.08. The molecule has 0 fully saturated rings. The zero-order chi connectivity index (χ0) is 14.8. The normalized spacial score (nSPS) is 11.3. The molecule has 1 aromatic rings. The molecule has 0 aliphatic heterocycles. The van der Waals surface area contributed by atoms with Crippen molar-refractivity contribution in [1.82, 2.24) is 4.98 Å². The fourth-order valence-corrected chi connectivity index (χ4v) is 1.65. The Morgan fingerprint density at radius 3 is 3.10 bits per heavy atom. The molecule has 1 amide bonds. The van der Waals surface area contributed by atoms with Gasteiger partial charge in [0.15, 0.2) is 0 Å². The number of nitrogens with one attached hydrogen (secondary N) is 1. The third kappa shape index (κ3) is 6.32. The number of anilines is 1. The Labute approximate surface area is 119 Å². The zero-order valence-corrected chi connectivity index (χ0v) is 11.8. The summed E-state index contributed by atoms with van der Waals surface area (Å²) < 4.78 is 4.99. The van der Waals surface area contributed by atoms with Crippen LogP contribution in [0.4, 0.5) is 5.82 Å². The van der Waals surface area contributed by atoms with Gasteiger partial charge in [0.2, 0.25) is 5.91 Å². The van der Waals surface area contributed by atoms with Crippen molar-refractivity contribution in [3.05, 3.63) is 23.9 Å². The molecule has 0 saturated carbocycles. The van der Waals surface area contributed by atoms with Crippen molar-refractivity contribution >= 4 is 11.7 Å². The second-order valence-corrected chi connectivity index (χ2v) is 4.52. The van der Waals surface area contributed by atoms with E-state index in [2.05, 4.69) is 22.1 Å². The van der Waals surface area contributed by atoms with Crippen LogP contribution in [0.15, 0.2) is 18.3 Å². The molecule has 5 heteroatoms. The SMILES string of the molecule is COCC(C)CC(=O)Nc1cc(C#CCCO)ccn1. The second-order valence-electron chi connectivity index (χ2n) is 4.52. The largest absolute Gasteiger partial charge is 0.395 e. The average molecular weight is 276 g/mol. The first kappa shape index (κ1) is 16.2. The summed E-state index contributed by atoms with van der Waals surface area (Å²) in [6, 6.07) is 3.47. The van der Waals surface area contributed by atoms with Crippen LogP contribution in [0.2, 0.25) is 0 Å². The Bertz CT molecular complexity index is 491. The lowest BCUT2D eigenvalue weighted by atomic mass is 10.1. The highest BCUT2D eigenvalue weighted by molar-refractivity contribution is 5.90. The van der Waals surface area contributed by atoms with Crippen molar-refractivity contribution < 1.29 is 14.6 Å². The predicted molar refractivity (Wildman–Crippen MR) is 77.1 cm³/mol.